The van der Waals surface area contributed by atoms with E-state index < -0.39 is 22.7 Å². The van der Waals surface area contributed by atoms with Gasteiger partial charge in [0.1, 0.15) is 0 Å². The molecule has 0 spiro atoms. The van der Waals surface area contributed by atoms with E-state index >= 15 is 0 Å². The summed E-state index contributed by atoms with van der Waals surface area (Å²) in [6.45, 7) is 3.73. The molecule has 0 aromatic carbocycles. The molecule has 0 aromatic heterocycles. The molecule has 1 rings (SSSR count). The molecule has 0 amide bonds. The van der Waals surface area contributed by atoms with Crippen LogP contribution in [0.4, 0.5) is 0 Å². The Bertz CT molecular complexity index is 373. The molecular weight excluding hydrogens is 260 g/mol. The number of alkyl halides is 1. The van der Waals surface area contributed by atoms with Crippen molar-refractivity contribution in [1.82, 2.24) is 0 Å². The van der Waals surface area contributed by atoms with Crippen LogP contribution in [0.5, 0.6) is 0 Å². The number of aliphatic hydroxyl groups excluding tert-OH is 1. The van der Waals surface area contributed by atoms with Crippen LogP contribution in [0.3, 0.4) is 0 Å². The van der Waals surface area contributed by atoms with E-state index in [1.54, 1.807) is 0 Å². The van der Waals surface area contributed by atoms with Crippen LogP contribution in [0, 0.1) is 5.92 Å². The molecule has 0 bridgehead atoms. The number of halogens is 1. The van der Waals surface area contributed by atoms with Crippen molar-refractivity contribution in [2.75, 3.05) is 6.61 Å². The van der Waals surface area contributed by atoms with E-state index in [0.717, 1.165) is 6.42 Å². The first-order chi connectivity index (χ1) is 8.31. The Labute approximate surface area is 110 Å². The van der Waals surface area contributed by atoms with Gasteiger partial charge in [0.15, 0.2) is 4.87 Å². The molecule has 18 heavy (non-hydrogen) atoms. The van der Waals surface area contributed by atoms with E-state index in [1.165, 1.54) is 25.2 Å². The van der Waals surface area contributed by atoms with Crippen LogP contribution in [-0.2, 0) is 9.59 Å². The average Bonchev–Trinajstić information content (AvgIpc) is 2.32. The zero-order valence-electron chi connectivity index (χ0n) is 10.3. The van der Waals surface area contributed by atoms with Crippen LogP contribution in [0.25, 0.3) is 0 Å². The number of carboxylic acids is 2. The van der Waals surface area contributed by atoms with Gasteiger partial charge < -0.3 is 15.3 Å². The van der Waals surface area contributed by atoms with Crippen molar-refractivity contribution < 1.29 is 24.9 Å². The lowest BCUT2D eigenvalue weighted by Gasteiger charge is -2.28. The highest BCUT2D eigenvalue weighted by Crippen LogP contribution is 2.35. The fraction of sp³-hybridized carbons (Fsp3) is 0.500. The Kier molecular flexibility index (Phi) is 6.65. The first-order valence-corrected chi connectivity index (χ1v) is 5.84. The monoisotopic (exact) mass is 276 g/mol. The van der Waals surface area contributed by atoms with Crippen molar-refractivity contribution in [3.63, 3.8) is 0 Å². The van der Waals surface area contributed by atoms with E-state index in [9.17, 15) is 9.59 Å². The SMILES string of the molecule is CC1C(C(=O)O)=CC=CC1(Cl)C(=O)O.CCCO. The minimum atomic E-state index is -1.65. The quantitative estimate of drug-likeness (QED) is 0.681. The van der Waals surface area contributed by atoms with Crippen molar-refractivity contribution in [3.05, 3.63) is 23.8 Å². The summed E-state index contributed by atoms with van der Waals surface area (Å²) >= 11 is 5.81. The van der Waals surface area contributed by atoms with Crippen molar-refractivity contribution >= 4 is 23.5 Å². The molecule has 5 nitrogen and oxygen atoms in total. The number of aliphatic carboxylic acids is 2. The predicted octanol–water partition coefficient (Wildman–Crippen LogP) is 1.65. The normalized spacial score (nSPS) is 25.8. The molecule has 2 atom stereocenters. The van der Waals surface area contributed by atoms with E-state index in [4.69, 9.17) is 26.9 Å². The summed E-state index contributed by atoms with van der Waals surface area (Å²) in [5, 5.41) is 25.5. The fourth-order valence-electron chi connectivity index (χ4n) is 1.32. The van der Waals surface area contributed by atoms with E-state index in [-0.39, 0.29) is 5.57 Å². The topological polar surface area (TPSA) is 94.8 Å². The maximum Gasteiger partial charge on any atom is 0.331 e. The van der Waals surface area contributed by atoms with E-state index in [1.807, 2.05) is 6.92 Å². The number of rotatable bonds is 3. The average molecular weight is 277 g/mol. The van der Waals surface area contributed by atoms with Crippen LogP contribution in [0.15, 0.2) is 23.8 Å². The summed E-state index contributed by atoms with van der Waals surface area (Å²) in [5.74, 6) is -3.15. The molecular formula is C12H17ClO5. The Morgan fingerprint density at radius 2 is 1.94 bits per heavy atom. The number of hydrogen-bond acceptors (Lipinski definition) is 3. The summed E-state index contributed by atoms with van der Waals surface area (Å²) in [7, 11) is 0. The second-order valence-electron chi connectivity index (χ2n) is 3.80. The second-order valence-corrected chi connectivity index (χ2v) is 4.43. The third kappa shape index (κ3) is 3.85. The highest BCUT2D eigenvalue weighted by atomic mass is 35.5. The Balaban J connectivity index is 0.000000631. The van der Waals surface area contributed by atoms with Gasteiger partial charge in [-0.3, -0.25) is 0 Å². The van der Waals surface area contributed by atoms with Gasteiger partial charge >= 0.3 is 11.9 Å². The minimum Gasteiger partial charge on any atom is -0.480 e. The highest BCUT2D eigenvalue weighted by molar-refractivity contribution is 6.36. The first-order valence-electron chi connectivity index (χ1n) is 5.47. The number of allylic oxidation sites excluding steroid dienone is 2. The van der Waals surface area contributed by atoms with Crippen LogP contribution >= 0.6 is 11.6 Å². The van der Waals surface area contributed by atoms with Crippen LogP contribution in [0.2, 0.25) is 0 Å². The lowest BCUT2D eigenvalue weighted by atomic mass is 9.83. The highest BCUT2D eigenvalue weighted by Gasteiger charge is 2.44. The van der Waals surface area contributed by atoms with Crippen LogP contribution < -0.4 is 0 Å². The minimum absolute atomic E-state index is 0.00454. The van der Waals surface area contributed by atoms with Crippen LogP contribution in [0.1, 0.15) is 20.3 Å². The smallest absolute Gasteiger partial charge is 0.331 e. The predicted molar refractivity (Wildman–Crippen MR) is 67.6 cm³/mol. The number of hydrogen-bond donors (Lipinski definition) is 3. The van der Waals surface area contributed by atoms with Crippen molar-refractivity contribution in [2.24, 2.45) is 5.92 Å². The van der Waals surface area contributed by atoms with Crippen molar-refractivity contribution in [1.29, 1.82) is 0 Å². The van der Waals surface area contributed by atoms with Crippen molar-refractivity contribution in [3.8, 4) is 0 Å². The lowest BCUT2D eigenvalue weighted by Crippen LogP contribution is -2.40. The first kappa shape index (κ1) is 16.7. The van der Waals surface area contributed by atoms with E-state index in [0.29, 0.717) is 6.61 Å². The van der Waals surface area contributed by atoms with Gasteiger partial charge in [0.25, 0.3) is 0 Å². The molecule has 0 saturated heterocycles. The second kappa shape index (κ2) is 7.18. The van der Waals surface area contributed by atoms with Crippen LogP contribution in [-0.4, -0.2) is 38.7 Å². The maximum absolute atomic E-state index is 10.9. The maximum atomic E-state index is 10.9. The van der Waals surface area contributed by atoms with Gasteiger partial charge in [-0.15, -0.1) is 11.6 Å². The summed E-state index contributed by atoms with van der Waals surface area (Å²) < 4.78 is 0. The zero-order chi connectivity index (χ0) is 14.3. The third-order valence-electron chi connectivity index (χ3n) is 2.51. The summed E-state index contributed by atoms with van der Waals surface area (Å²) in [4.78, 5) is 19.9. The van der Waals surface area contributed by atoms with Gasteiger partial charge in [-0.2, -0.15) is 0 Å². The van der Waals surface area contributed by atoms with E-state index in [2.05, 4.69) is 0 Å². The van der Waals surface area contributed by atoms with Crippen molar-refractivity contribution in [2.45, 2.75) is 25.1 Å². The molecule has 0 aliphatic heterocycles. The molecule has 0 aromatic rings. The summed E-state index contributed by atoms with van der Waals surface area (Å²) in [6, 6.07) is 0. The standard InChI is InChI=1S/C9H9ClO4.C3H8O/c1-5-6(7(11)12)3-2-4-9(5,10)8(13)14;1-2-3-4/h2-5H,1H3,(H,11,12)(H,13,14);4H,2-3H2,1H3. The van der Waals surface area contributed by atoms with Gasteiger partial charge in [0, 0.05) is 18.1 Å². The number of aliphatic hydroxyl groups is 1. The molecule has 0 fully saturated rings. The van der Waals surface area contributed by atoms with Gasteiger partial charge in [-0.05, 0) is 6.42 Å². The molecule has 3 N–H and O–H groups in total. The zero-order valence-corrected chi connectivity index (χ0v) is 11.0. The number of carboxylic acid groups (broad SMARTS) is 2. The molecule has 0 radical (unpaired) electrons. The molecule has 1 aliphatic rings. The Morgan fingerprint density at radius 3 is 2.28 bits per heavy atom. The Hall–Kier alpha value is -1.33. The summed E-state index contributed by atoms with van der Waals surface area (Å²) in [6.07, 6.45) is 4.87. The largest absolute Gasteiger partial charge is 0.480 e. The molecule has 2 unspecified atom stereocenters. The van der Waals surface area contributed by atoms with Gasteiger partial charge in [0.05, 0.1) is 0 Å². The fourth-order valence-corrected chi connectivity index (χ4v) is 1.51. The molecule has 1 aliphatic carbocycles. The molecule has 6 heteroatoms. The molecule has 0 saturated carbocycles. The molecule has 0 heterocycles. The van der Waals surface area contributed by atoms with Gasteiger partial charge in [-0.1, -0.05) is 32.1 Å². The molecule has 102 valence electrons. The third-order valence-corrected chi connectivity index (χ3v) is 3.12. The lowest BCUT2D eigenvalue weighted by molar-refractivity contribution is -0.140. The van der Waals surface area contributed by atoms with Gasteiger partial charge in [0.2, 0.25) is 0 Å². The number of carbonyl (C=O) groups is 2. The summed E-state index contributed by atoms with van der Waals surface area (Å²) in [5.41, 5.74) is 0.00454. The van der Waals surface area contributed by atoms with Gasteiger partial charge in [-0.25, -0.2) is 9.59 Å². The Morgan fingerprint density at radius 1 is 1.44 bits per heavy atom.